The van der Waals surface area contributed by atoms with Gasteiger partial charge in [0.2, 0.25) is 0 Å². The Morgan fingerprint density at radius 3 is 2.21 bits per heavy atom. The maximum absolute atomic E-state index is 11.9. The lowest BCUT2D eigenvalue weighted by atomic mass is 10.1. The van der Waals surface area contributed by atoms with Gasteiger partial charge in [0, 0.05) is 5.56 Å². The number of carbonyl (C=O) groups is 2. The number of amides is 2. The highest BCUT2D eigenvalue weighted by Gasteiger charge is 2.10. The number of hydrogen-bond acceptors (Lipinski definition) is 3. The fourth-order valence-electron chi connectivity index (χ4n) is 1.76. The molecule has 2 rings (SSSR count). The van der Waals surface area contributed by atoms with Crippen molar-refractivity contribution in [2.24, 2.45) is 0 Å². The lowest BCUT2D eigenvalue weighted by Crippen LogP contribution is -2.41. The highest BCUT2D eigenvalue weighted by atomic mass is 32.1. The second kappa shape index (κ2) is 5.67. The number of carbonyl (C=O) groups excluding carboxylic acids is 2. The molecular weight excluding hydrogens is 260 g/mol. The average Bonchev–Trinajstić information content (AvgIpc) is 2.88. The molecule has 2 N–H and O–H groups in total. The van der Waals surface area contributed by atoms with Gasteiger partial charge < -0.3 is 0 Å². The standard InChI is InChI=1S/C14H14N2O2S/c1-9-6-10(2)8-11(7-9)13(17)15-16-14(18)12-4-3-5-19-12/h3-8H,1-2H3,(H,15,17)(H,16,18). The summed E-state index contributed by atoms with van der Waals surface area (Å²) < 4.78 is 0. The smallest absolute Gasteiger partial charge is 0.267 e. The number of hydrogen-bond donors (Lipinski definition) is 2. The summed E-state index contributed by atoms with van der Waals surface area (Å²) in [6.07, 6.45) is 0. The molecule has 0 saturated heterocycles. The molecule has 4 nitrogen and oxygen atoms in total. The van der Waals surface area contributed by atoms with Gasteiger partial charge in [0.05, 0.1) is 4.88 Å². The van der Waals surface area contributed by atoms with Gasteiger partial charge in [0.1, 0.15) is 0 Å². The van der Waals surface area contributed by atoms with Gasteiger partial charge in [-0.05, 0) is 37.4 Å². The Kier molecular flexibility index (Phi) is 3.97. The molecule has 0 fully saturated rings. The SMILES string of the molecule is Cc1cc(C)cc(C(=O)NNC(=O)c2cccs2)c1. The maximum atomic E-state index is 11.9. The fraction of sp³-hybridized carbons (Fsp3) is 0.143. The Hall–Kier alpha value is -2.14. The van der Waals surface area contributed by atoms with Gasteiger partial charge in [-0.15, -0.1) is 11.3 Å². The van der Waals surface area contributed by atoms with Crippen molar-refractivity contribution in [1.82, 2.24) is 10.9 Å². The third kappa shape index (κ3) is 3.42. The van der Waals surface area contributed by atoms with Crippen LogP contribution >= 0.6 is 11.3 Å². The first-order valence-electron chi connectivity index (χ1n) is 5.79. The van der Waals surface area contributed by atoms with E-state index in [9.17, 15) is 9.59 Å². The summed E-state index contributed by atoms with van der Waals surface area (Å²) in [6, 6.07) is 9.02. The zero-order valence-corrected chi connectivity index (χ0v) is 11.5. The predicted octanol–water partition coefficient (Wildman–Crippen LogP) is 2.44. The molecule has 1 aromatic carbocycles. The molecule has 0 aliphatic carbocycles. The van der Waals surface area contributed by atoms with E-state index in [0.717, 1.165) is 11.1 Å². The first kappa shape index (κ1) is 13.3. The van der Waals surface area contributed by atoms with Crippen molar-refractivity contribution in [1.29, 1.82) is 0 Å². The molecule has 98 valence electrons. The number of aryl methyl sites for hydroxylation is 2. The summed E-state index contributed by atoms with van der Waals surface area (Å²) >= 11 is 1.32. The van der Waals surface area contributed by atoms with Gasteiger partial charge in [-0.1, -0.05) is 23.3 Å². The molecular formula is C14H14N2O2S. The molecule has 2 aromatic rings. The van der Waals surface area contributed by atoms with Crippen LogP contribution in [0.4, 0.5) is 0 Å². The second-order valence-corrected chi connectivity index (χ2v) is 5.21. The van der Waals surface area contributed by atoms with Crippen LogP contribution in [-0.4, -0.2) is 11.8 Å². The Balaban J connectivity index is 2.00. The van der Waals surface area contributed by atoms with E-state index in [1.54, 1.807) is 29.6 Å². The minimum Gasteiger partial charge on any atom is -0.267 e. The van der Waals surface area contributed by atoms with Crippen molar-refractivity contribution in [3.8, 4) is 0 Å². The number of nitrogens with one attached hydrogen (secondary N) is 2. The number of benzene rings is 1. The van der Waals surface area contributed by atoms with E-state index in [-0.39, 0.29) is 11.8 Å². The van der Waals surface area contributed by atoms with Crippen LogP contribution in [0.3, 0.4) is 0 Å². The number of rotatable bonds is 2. The topological polar surface area (TPSA) is 58.2 Å². The molecule has 0 saturated carbocycles. The highest BCUT2D eigenvalue weighted by molar-refractivity contribution is 7.12. The average molecular weight is 274 g/mol. The fourth-order valence-corrected chi connectivity index (χ4v) is 2.38. The molecule has 0 radical (unpaired) electrons. The van der Waals surface area contributed by atoms with Gasteiger partial charge in [0.25, 0.3) is 11.8 Å². The maximum Gasteiger partial charge on any atom is 0.279 e. The van der Waals surface area contributed by atoms with Crippen LogP contribution in [0.5, 0.6) is 0 Å². The lowest BCUT2D eigenvalue weighted by molar-refractivity contribution is 0.0849. The predicted molar refractivity (Wildman–Crippen MR) is 75.2 cm³/mol. The molecule has 0 spiro atoms. The van der Waals surface area contributed by atoms with Crippen LogP contribution in [-0.2, 0) is 0 Å². The molecule has 0 unspecified atom stereocenters. The van der Waals surface area contributed by atoms with Crippen molar-refractivity contribution in [3.05, 3.63) is 57.3 Å². The van der Waals surface area contributed by atoms with E-state index in [0.29, 0.717) is 10.4 Å². The first-order valence-corrected chi connectivity index (χ1v) is 6.67. The Morgan fingerprint density at radius 2 is 1.63 bits per heavy atom. The minimum absolute atomic E-state index is 0.312. The van der Waals surface area contributed by atoms with Crippen LogP contribution in [0, 0.1) is 13.8 Å². The van der Waals surface area contributed by atoms with Crippen molar-refractivity contribution in [3.63, 3.8) is 0 Å². The van der Waals surface area contributed by atoms with Crippen LogP contribution in [0.25, 0.3) is 0 Å². The lowest BCUT2D eigenvalue weighted by Gasteiger charge is -2.07. The molecule has 0 aliphatic rings. The molecule has 1 aromatic heterocycles. The van der Waals surface area contributed by atoms with Crippen LogP contribution in [0.1, 0.15) is 31.2 Å². The van der Waals surface area contributed by atoms with E-state index >= 15 is 0 Å². The second-order valence-electron chi connectivity index (χ2n) is 4.26. The van der Waals surface area contributed by atoms with E-state index in [1.807, 2.05) is 19.9 Å². The van der Waals surface area contributed by atoms with E-state index in [1.165, 1.54) is 11.3 Å². The van der Waals surface area contributed by atoms with Gasteiger partial charge in [0.15, 0.2) is 0 Å². The quantitative estimate of drug-likeness (QED) is 0.826. The van der Waals surface area contributed by atoms with Gasteiger partial charge in [-0.25, -0.2) is 0 Å². The molecule has 19 heavy (non-hydrogen) atoms. The molecule has 1 heterocycles. The molecule has 0 aliphatic heterocycles. The van der Waals surface area contributed by atoms with E-state index in [2.05, 4.69) is 10.9 Å². The Labute approximate surface area is 115 Å². The Morgan fingerprint density at radius 1 is 1.00 bits per heavy atom. The first-order chi connectivity index (χ1) is 9.06. The van der Waals surface area contributed by atoms with Gasteiger partial charge >= 0.3 is 0 Å². The number of hydrazine groups is 1. The van der Waals surface area contributed by atoms with Crippen molar-refractivity contribution >= 4 is 23.2 Å². The monoisotopic (exact) mass is 274 g/mol. The van der Waals surface area contributed by atoms with Crippen LogP contribution in [0.2, 0.25) is 0 Å². The summed E-state index contributed by atoms with van der Waals surface area (Å²) in [5.74, 6) is -0.635. The zero-order chi connectivity index (χ0) is 13.8. The van der Waals surface area contributed by atoms with E-state index < -0.39 is 0 Å². The summed E-state index contributed by atoms with van der Waals surface area (Å²) in [5, 5.41) is 1.81. The molecule has 2 amide bonds. The Bertz CT molecular complexity index is 586. The molecule has 5 heteroatoms. The largest absolute Gasteiger partial charge is 0.279 e. The summed E-state index contributed by atoms with van der Waals surface area (Å²) in [5.41, 5.74) is 7.35. The van der Waals surface area contributed by atoms with Crippen LogP contribution < -0.4 is 10.9 Å². The van der Waals surface area contributed by atoms with Crippen molar-refractivity contribution in [2.45, 2.75) is 13.8 Å². The normalized spacial score (nSPS) is 10.0. The van der Waals surface area contributed by atoms with Crippen molar-refractivity contribution in [2.75, 3.05) is 0 Å². The summed E-state index contributed by atoms with van der Waals surface area (Å²) in [4.78, 5) is 24.1. The third-order valence-corrected chi connectivity index (χ3v) is 3.39. The van der Waals surface area contributed by atoms with Crippen LogP contribution in [0.15, 0.2) is 35.7 Å². The van der Waals surface area contributed by atoms with Gasteiger partial charge in [-0.2, -0.15) is 0 Å². The minimum atomic E-state index is -0.322. The molecule has 0 atom stereocenters. The highest BCUT2D eigenvalue weighted by Crippen LogP contribution is 2.09. The van der Waals surface area contributed by atoms with Gasteiger partial charge in [-0.3, -0.25) is 20.4 Å². The van der Waals surface area contributed by atoms with E-state index in [4.69, 9.17) is 0 Å². The van der Waals surface area contributed by atoms with Crippen molar-refractivity contribution < 1.29 is 9.59 Å². The summed E-state index contributed by atoms with van der Waals surface area (Å²) in [7, 11) is 0. The zero-order valence-electron chi connectivity index (χ0n) is 10.7. The molecule has 0 bridgehead atoms. The summed E-state index contributed by atoms with van der Waals surface area (Å²) in [6.45, 7) is 3.85. The third-order valence-electron chi connectivity index (χ3n) is 2.52. The number of thiophene rings is 1.